The molecule has 2 aromatic carbocycles. The Labute approximate surface area is 175 Å². The molecule has 2 saturated heterocycles. The highest BCUT2D eigenvalue weighted by atomic mass is 35.5. The first kappa shape index (κ1) is 18.6. The third-order valence-electron chi connectivity index (χ3n) is 6.26. The summed E-state index contributed by atoms with van der Waals surface area (Å²) >= 11 is 6.10. The molecule has 6 heteroatoms. The molecule has 0 aliphatic carbocycles. The third kappa shape index (κ3) is 3.43. The van der Waals surface area contributed by atoms with Crippen molar-refractivity contribution < 1.29 is 4.79 Å². The second kappa shape index (κ2) is 7.47. The molecule has 1 unspecified atom stereocenters. The summed E-state index contributed by atoms with van der Waals surface area (Å²) in [6, 6.07) is 14.1. The number of aromatic nitrogens is 2. The Hall–Kier alpha value is -2.37. The Kier molecular flexibility index (Phi) is 4.80. The number of benzene rings is 2. The van der Waals surface area contributed by atoms with Crippen LogP contribution in [0.2, 0.25) is 5.02 Å². The largest absolute Gasteiger partial charge is 0.337 e. The standard InChI is InChI=1S/C23H25ClN4O/c1-16-25-21-14-18(24)6-9-22(21)28(16)19-7-4-17(5-8-19)23(29)27-13-10-20(15-27)26-11-2-3-12-26/h4-9,14,20H,2-3,10-13,15H2,1H3. The number of carbonyl (C=O) groups is 1. The van der Waals surface area contributed by atoms with E-state index in [-0.39, 0.29) is 5.91 Å². The molecular formula is C23H25ClN4O. The maximum Gasteiger partial charge on any atom is 0.253 e. The molecule has 5 rings (SSSR count). The molecule has 0 saturated carbocycles. The summed E-state index contributed by atoms with van der Waals surface area (Å²) in [5.74, 6) is 1.03. The van der Waals surface area contributed by atoms with E-state index < -0.39 is 0 Å². The van der Waals surface area contributed by atoms with Crippen LogP contribution in [-0.2, 0) is 0 Å². The van der Waals surface area contributed by atoms with Gasteiger partial charge in [0.25, 0.3) is 5.91 Å². The van der Waals surface area contributed by atoms with Gasteiger partial charge in [0, 0.05) is 35.4 Å². The van der Waals surface area contributed by atoms with Crippen molar-refractivity contribution in [2.45, 2.75) is 32.2 Å². The topological polar surface area (TPSA) is 41.4 Å². The first-order valence-corrected chi connectivity index (χ1v) is 10.8. The summed E-state index contributed by atoms with van der Waals surface area (Å²) in [5.41, 5.74) is 3.64. The van der Waals surface area contributed by atoms with Crippen LogP contribution in [0.1, 0.15) is 35.4 Å². The minimum atomic E-state index is 0.136. The number of likely N-dealkylation sites (tertiary alicyclic amines) is 2. The van der Waals surface area contributed by atoms with Crippen LogP contribution in [0.4, 0.5) is 0 Å². The summed E-state index contributed by atoms with van der Waals surface area (Å²) < 4.78 is 2.10. The van der Waals surface area contributed by atoms with Gasteiger partial charge in [-0.05, 0) is 81.7 Å². The second-order valence-electron chi connectivity index (χ2n) is 8.11. The first-order valence-electron chi connectivity index (χ1n) is 10.4. The normalized spacial score (nSPS) is 20.1. The molecule has 1 amide bonds. The maximum atomic E-state index is 13.0. The molecule has 3 heterocycles. The van der Waals surface area contributed by atoms with Gasteiger partial charge in [-0.15, -0.1) is 0 Å². The SMILES string of the molecule is Cc1nc2cc(Cl)ccc2n1-c1ccc(C(=O)N2CCC(N3CCCC3)C2)cc1. The second-order valence-corrected chi connectivity index (χ2v) is 8.55. The number of nitrogens with zero attached hydrogens (tertiary/aromatic N) is 4. The number of hydrogen-bond donors (Lipinski definition) is 0. The molecule has 0 spiro atoms. The van der Waals surface area contributed by atoms with Gasteiger partial charge in [0.15, 0.2) is 0 Å². The van der Waals surface area contributed by atoms with Crippen LogP contribution in [0, 0.1) is 6.92 Å². The predicted molar refractivity (Wildman–Crippen MR) is 116 cm³/mol. The molecule has 29 heavy (non-hydrogen) atoms. The minimum absolute atomic E-state index is 0.136. The Morgan fingerprint density at radius 2 is 1.83 bits per heavy atom. The Balaban J connectivity index is 1.35. The number of carbonyl (C=O) groups excluding carboxylic acids is 1. The monoisotopic (exact) mass is 408 g/mol. The summed E-state index contributed by atoms with van der Waals surface area (Å²) in [7, 11) is 0. The average Bonchev–Trinajstić information content (AvgIpc) is 3.46. The highest BCUT2D eigenvalue weighted by molar-refractivity contribution is 6.31. The van der Waals surface area contributed by atoms with Crippen molar-refractivity contribution in [1.29, 1.82) is 0 Å². The number of amides is 1. The van der Waals surface area contributed by atoms with Crippen molar-refractivity contribution >= 4 is 28.5 Å². The number of fused-ring (bicyclic) bond motifs is 1. The third-order valence-corrected chi connectivity index (χ3v) is 6.50. The van der Waals surface area contributed by atoms with E-state index in [9.17, 15) is 4.79 Å². The van der Waals surface area contributed by atoms with Gasteiger partial charge in [-0.25, -0.2) is 4.98 Å². The average molecular weight is 409 g/mol. The smallest absolute Gasteiger partial charge is 0.253 e. The van der Waals surface area contributed by atoms with Crippen molar-refractivity contribution in [3.8, 4) is 5.69 Å². The quantitative estimate of drug-likeness (QED) is 0.648. The molecule has 3 aromatic rings. The van der Waals surface area contributed by atoms with Gasteiger partial charge >= 0.3 is 0 Å². The van der Waals surface area contributed by atoms with Crippen LogP contribution >= 0.6 is 11.6 Å². The van der Waals surface area contributed by atoms with Crippen LogP contribution in [-0.4, -0.2) is 57.5 Å². The summed E-state index contributed by atoms with van der Waals surface area (Å²) in [5, 5.41) is 0.681. The zero-order valence-electron chi connectivity index (χ0n) is 16.6. The van der Waals surface area contributed by atoms with E-state index in [0.717, 1.165) is 47.6 Å². The zero-order chi connectivity index (χ0) is 20.0. The molecule has 0 N–H and O–H groups in total. The zero-order valence-corrected chi connectivity index (χ0v) is 17.4. The van der Waals surface area contributed by atoms with Crippen molar-refractivity contribution in [3.63, 3.8) is 0 Å². The fourth-order valence-corrected chi connectivity index (χ4v) is 4.93. The fraction of sp³-hybridized carbons (Fsp3) is 0.391. The molecule has 0 bridgehead atoms. The lowest BCUT2D eigenvalue weighted by Crippen LogP contribution is -2.37. The van der Waals surface area contributed by atoms with Crippen LogP contribution < -0.4 is 0 Å². The molecular weight excluding hydrogens is 384 g/mol. The Bertz CT molecular complexity index is 1050. The van der Waals surface area contributed by atoms with E-state index in [1.807, 2.05) is 54.3 Å². The predicted octanol–water partition coefficient (Wildman–Crippen LogP) is 4.30. The fourth-order valence-electron chi connectivity index (χ4n) is 4.77. The van der Waals surface area contributed by atoms with Gasteiger partial charge in [0.2, 0.25) is 0 Å². The van der Waals surface area contributed by atoms with Gasteiger partial charge < -0.3 is 4.90 Å². The van der Waals surface area contributed by atoms with Gasteiger partial charge in [-0.2, -0.15) is 0 Å². The summed E-state index contributed by atoms with van der Waals surface area (Å²) in [6.07, 6.45) is 3.67. The van der Waals surface area contributed by atoms with Gasteiger partial charge in [0.05, 0.1) is 11.0 Å². The lowest BCUT2D eigenvalue weighted by atomic mass is 10.1. The molecule has 2 aliphatic heterocycles. The molecule has 2 fully saturated rings. The van der Waals surface area contributed by atoms with Crippen molar-refractivity contribution in [2.24, 2.45) is 0 Å². The van der Waals surface area contributed by atoms with Gasteiger partial charge in [0.1, 0.15) is 5.82 Å². The number of rotatable bonds is 3. The highest BCUT2D eigenvalue weighted by Crippen LogP contribution is 2.25. The minimum Gasteiger partial charge on any atom is -0.337 e. The molecule has 5 nitrogen and oxygen atoms in total. The number of halogens is 1. The molecule has 1 aromatic heterocycles. The van der Waals surface area contributed by atoms with E-state index in [1.165, 1.54) is 25.9 Å². The Morgan fingerprint density at radius 1 is 1.07 bits per heavy atom. The molecule has 2 aliphatic rings. The van der Waals surface area contributed by atoms with Crippen LogP contribution in [0.3, 0.4) is 0 Å². The number of hydrogen-bond acceptors (Lipinski definition) is 3. The summed E-state index contributed by atoms with van der Waals surface area (Å²) in [6.45, 7) is 6.06. The first-order chi connectivity index (χ1) is 14.1. The van der Waals surface area contributed by atoms with Crippen LogP contribution in [0.5, 0.6) is 0 Å². The van der Waals surface area contributed by atoms with E-state index in [1.54, 1.807) is 0 Å². The van der Waals surface area contributed by atoms with E-state index in [4.69, 9.17) is 11.6 Å². The maximum absolute atomic E-state index is 13.0. The Morgan fingerprint density at radius 3 is 2.59 bits per heavy atom. The van der Waals surface area contributed by atoms with E-state index in [0.29, 0.717) is 11.1 Å². The number of aryl methyl sites for hydroxylation is 1. The lowest BCUT2D eigenvalue weighted by Gasteiger charge is -2.23. The van der Waals surface area contributed by atoms with Crippen molar-refractivity contribution in [3.05, 3.63) is 58.9 Å². The van der Waals surface area contributed by atoms with Gasteiger partial charge in [-0.3, -0.25) is 14.3 Å². The molecule has 150 valence electrons. The van der Waals surface area contributed by atoms with Crippen LogP contribution in [0.15, 0.2) is 42.5 Å². The molecule has 1 atom stereocenters. The highest BCUT2D eigenvalue weighted by Gasteiger charge is 2.31. The number of imidazole rings is 1. The van der Waals surface area contributed by atoms with Crippen LogP contribution in [0.25, 0.3) is 16.7 Å². The van der Waals surface area contributed by atoms with E-state index in [2.05, 4.69) is 14.5 Å². The summed E-state index contributed by atoms with van der Waals surface area (Å²) in [4.78, 5) is 22.2. The van der Waals surface area contributed by atoms with Crippen molar-refractivity contribution in [2.75, 3.05) is 26.2 Å². The molecule has 0 radical (unpaired) electrons. The lowest BCUT2D eigenvalue weighted by molar-refractivity contribution is 0.0780. The van der Waals surface area contributed by atoms with E-state index >= 15 is 0 Å². The van der Waals surface area contributed by atoms with Crippen molar-refractivity contribution in [1.82, 2.24) is 19.4 Å². The van der Waals surface area contributed by atoms with Gasteiger partial charge in [-0.1, -0.05) is 11.6 Å².